The lowest BCUT2D eigenvalue weighted by Gasteiger charge is -2.30. The van der Waals surface area contributed by atoms with E-state index in [0.717, 1.165) is 30.8 Å². The van der Waals surface area contributed by atoms with Crippen molar-refractivity contribution in [3.05, 3.63) is 0 Å². The number of hydrogen-bond donors (Lipinski definition) is 0. The zero-order valence-corrected chi connectivity index (χ0v) is 7.79. The van der Waals surface area contributed by atoms with Crippen LogP contribution in [0.15, 0.2) is 0 Å². The molecule has 0 N–H and O–H groups in total. The second-order valence-electron chi connectivity index (χ2n) is 3.79. The molecule has 0 aliphatic carbocycles. The van der Waals surface area contributed by atoms with Crippen LogP contribution >= 0.6 is 0 Å². The van der Waals surface area contributed by atoms with Crippen molar-refractivity contribution in [1.29, 1.82) is 0 Å². The number of fused-ring (bicyclic) bond motifs is 1. The van der Waals surface area contributed by atoms with Crippen molar-refractivity contribution in [3.8, 4) is 0 Å². The van der Waals surface area contributed by atoms with E-state index in [4.69, 9.17) is 9.47 Å². The molecule has 2 aliphatic rings. The third kappa shape index (κ3) is 1.26. The standard InChI is InChI=1S/C9H18NO2/c1-2-3-4-10-5-7-11-9(10)12-8-6-10/h9H,2-8H2,1H3/q+1. The number of ether oxygens (including phenoxy) is 2. The van der Waals surface area contributed by atoms with Crippen LogP contribution in [-0.4, -0.2) is 43.7 Å². The maximum atomic E-state index is 5.53. The average Bonchev–Trinajstić information content (AvgIpc) is 2.58. The Hall–Kier alpha value is -0.120. The highest BCUT2D eigenvalue weighted by Crippen LogP contribution is 2.28. The van der Waals surface area contributed by atoms with Crippen LogP contribution < -0.4 is 0 Å². The Kier molecular flexibility index (Phi) is 2.35. The first-order chi connectivity index (χ1) is 5.87. The first-order valence-corrected chi connectivity index (χ1v) is 4.96. The molecule has 0 atom stereocenters. The van der Waals surface area contributed by atoms with Gasteiger partial charge in [0.2, 0.25) is 0 Å². The molecule has 2 aliphatic heterocycles. The third-order valence-corrected chi connectivity index (χ3v) is 3.00. The van der Waals surface area contributed by atoms with Crippen molar-refractivity contribution in [2.45, 2.75) is 26.2 Å². The van der Waals surface area contributed by atoms with Crippen LogP contribution in [0.3, 0.4) is 0 Å². The first-order valence-electron chi connectivity index (χ1n) is 4.96. The van der Waals surface area contributed by atoms with E-state index in [2.05, 4.69) is 6.92 Å². The molecular weight excluding hydrogens is 154 g/mol. The Morgan fingerprint density at radius 1 is 1.25 bits per heavy atom. The van der Waals surface area contributed by atoms with Crippen LogP contribution in [0.1, 0.15) is 19.8 Å². The summed E-state index contributed by atoms with van der Waals surface area (Å²) in [6, 6.07) is 0. The lowest BCUT2D eigenvalue weighted by Crippen LogP contribution is -2.49. The van der Waals surface area contributed by atoms with Crippen molar-refractivity contribution in [2.75, 3.05) is 32.8 Å². The summed E-state index contributed by atoms with van der Waals surface area (Å²) in [6.07, 6.45) is 2.65. The van der Waals surface area contributed by atoms with E-state index in [1.54, 1.807) is 0 Å². The van der Waals surface area contributed by atoms with Crippen LogP contribution in [0.25, 0.3) is 0 Å². The quantitative estimate of drug-likeness (QED) is 0.590. The zero-order valence-electron chi connectivity index (χ0n) is 7.79. The van der Waals surface area contributed by atoms with Gasteiger partial charge in [-0.05, 0) is 6.42 Å². The highest BCUT2D eigenvalue weighted by atomic mass is 16.7. The number of rotatable bonds is 3. The van der Waals surface area contributed by atoms with Gasteiger partial charge in [0, 0.05) is 0 Å². The van der Waals surface area contributed by atoms with Crippen molar-refractivity contribution in [2.24, 2.45) is 0 Å². The highest BCUT2D eigenvalue weighted by molar-refractivity contribution is 4.57. The van der Waals surface area contributed by atoms with Crippen molar-refractivity contribution >= 4 is 0 Å². The van der Waals surface area contributed by atoms with Gasteiger partial charge in [0.15, 0.2) is 0 Å². The Labute approximate surface area is 73.8 Å². The second kappa shape index (κ2) is 3.32. The van der Waals surface area contributed by atoms with Gasteiger partial charge in [0.05, 0.1) is 6.54 Å². The lowest BCUT2D eigenvalue weighted by atomic mass is 10.3. The fraction of sp³-hybridized carbons (Fsp3) is 1.00. The van der Waals surface area contributed by atoms with Crippen molar-refractivity contribution in [3.63, 3.8) is 0 Å². The van der Waals surface area contributed by atoms with E-state index >= 15 is 0 Å². The number of unbranched alkanes of at least 4 members (excludes halogenated alkanes) is 1. The Morgan fingerprint density at radius 3 is 2.50 bits per heavy atom. The monoisotopic (exact) mass is 172 g/mol. The number of nitrogens with zero attached hydrogens (tertiary/aromatic N) is 1. The molecule has 12 heavy (non-hydrogen) atoms. The molecule has 0 aromatic carbocycles. The van der Waals surface area contributed by atoms with Crippen LogP contribution in [0.4, 0.5) is 0 Å². The smallest absolute Gasteiger partial charge is 0.300 e. The molecule has 0 aromatic heterocycles. The largest absolute Gasteiger partial charge is 0.309 e. The van der Waals surface area contributed by atoms with Crippen LogP contribution in [-0.2, 0) is 9.47 Å². The summed E-state index contributed by atoms with van der Waals surface area (Å²) in [4.78, 5) is 0. The topological polar surface area (TPSA) is 18.5 Å². The minimum absolute atomic E-state index is 0.0801. The summed E-state index contributed by atoms with van der Waals surface area (Å²) in [7, 11) is 0. The molecule has 0 aromatic rings. The molecule has 0 radical (unpaired) electrons. The summed E-state index contributed by atoms with van der Waals surface area (Å²) in [5.41, 5.74) is 0. The molecule has 3 nitrogen and oxygen atoms in total. The Morgan fingerprint density at radius 2 is 1.92 bits per heavy atom. The lowest BCUT2D eigenvalue weighted by molar-refractivity contribution is -0.950. The Balaban J connectivity index is 1.97. The summed E-state index contributed by atoms with van der Waals surface area (Å²) >= 11 is 0. The van der Waals surface area contributed by atoms with E-state index in [1.165, 1.54) is 19.4 Å². The van der Waals surface area contributed by atoms with Gasteiger partial charge in [0.1, 0.15) is 26.3 Å². The van der Waals surface area contributed by atoms with Gasteiger partial charge < -0.3 is 0 Å². The summed E-state index contributed by atoms with van der Waals surface area (Å²) < 4.78 is 12.1. The Bertz CT molecular complexity index is 151. The van der Waals surface area contributed by atoms with Gasteiger partial charge in [0.25, 0.3) is 0 Å². The molecule has 0 saturated carbocycles. The highest BCUT2D eigenvalue weighted by Gasteiger charge is 2.47. The van der Waals surface area contributed by atoms with Crippen LogP contribution in [0.2, 0.25) is 0 Å². The van der Waals surface area contributed by atoms with Gasteiger partial charge >= 0.3 is 6.41 Å². The molecule has 2 rings (SSSR count). The predicted molar refractivity (Wildman–Crippen MR) is 45.5 cm³/mol. The summed E-state index contributed by atoms with van der Waals surface area (Å²) in [5, 5.41) is 0. The molecule has 2 saturated heterocycles. The predicted octanol–water partition coefficient (Wildman–Crippen LogP) is 0.947. The second-order valence-corrected chi connectivity index (χ2v) is 3.79. The van der Waals surface area contributed by atoms with Crippen molar-refractivity contribution in [1.82, 2.24) is 0 Å². The van der Waals surface area contributed by atoms with Crippen LogP contribution in [0, 0.1) is 0 Å². The molecule has 0 unspecified atom stereocenters. The molecule has 2 heterocycles. The molecule has 3 heteroatoms. The average molecular weight is 172 g/mol. The van der Waals surface area contributed by atoms with Gasteiger partial charge in [-0.1, -0.05) is 13.3 Å². The van der Waals surface area contributed by atoms with E-state index in [1.807, 2.05) is 0 Å². The first kappa shape index (κ1) is 8.48. The van der Waals surface area contributed by atoms with Gasteiger partial charge in [-0.15, -0.1) is 0 Å². The SMILES string of the molecule is CCCC[N+]12CCOC1OCC2. The molecule has 70 valence electrons. The molecule has 2 fully saturated rings. The summed E-state index contributed by atoms with van der Waals surface area (Å²) in [6.45, 7) is 7.56. The minimum atomic E-state index is 0.0801. The normalized spacial score (nSPS) is 40.2. The number of hydrogen-bond acceptors (Lipinski definition) is 2. The number of quaternary nitrogens is 1. The maximum Gasteiger partial charge on any atom is 0.309 e. The maximum absolute atomic E-state index is 5.53. The fourth-order valence-corrected chi connectivity index (χ4v) is 2.16. The fourth-order valence-electron chi connectivity index (χ4n) is 2.16. The van der Waals surface area contributed by atoms with Gasteiger partial charge in [-0.3, -0.25) is 14.0 Å². The van der Waals surface area contributed by atoms with E-state index < -0.39 is 0 Å². The molecule has 0 bridgehead atoms. The zero-order chi connectivity index (χ0) is 8.44. The molecule has 0 spiro atoms. The van der Waals surface area contributed by atoms with E-state index in [-0.39, 0.29) is 6.41 Å². The molecule has 0 amide bonds. The van der Waals surface area contributed by atoms with Gasteiger partial charge in [-0.25, -0.2) is 0 Å². The van der Waals surface area contributed by atoms with Gasteiger partial charge in [-0.2, -0.15) is 0 Å². The summed E-state index contributed by atoms with van der Waals surface area (Å²) in [5.74, 6) is 0. The van der Waals surface area contributed by atoms with Crippen molar-refractivity contribution < 1.29 is 14.0 Å². The van der Waals surface area contributed by atoms with E-state index in [9.17, 15) is 0 Å². The minimum Gasteiger partial charge on any atom is -0.300 e. The third-order valence-electron chi connectivity index (χ3n) is 3.00. The van der Waals surface area contributed by atoms with Crippen LogP contribution in [0.5, 0.6) is 0 Å². The molecular formula is C9H18NO2+. The van der Waals surface area contributed by atoms with E-state index in [0.29, 0.717) is 0 Å².